The predicted molar refractivity (Wildman–Crippen MR) is 79.9 cm³/mol. The molecule has 1 aliphatic rings. The van der Waals surface area contributed by atoms with Crippen LogP contribution in [0, 0.1) is 11.8 Å². The summed E-state index contributed by atoms with van der Waals surface area (Å²) in [5.74, 6) is 1.29. The predicted octanol–water partition coefficient (Wildman–Crippen LogP) is 5.10. The molecule has 1 aliphatic carbocycles. The molecule has 0 N–H and O–H groups in total. The van der Waals surface area contributed by atoms with Crippen LogP contribution in [0.5, 0.6) is 0 Å². The normalized spacial score (nSPS) is 18.0. The summed E-state index contributed by atoms with van der Waals surface area (Å²) in [7, 11) is 3.46. The van der Waals surface area contributed by atoms with E-state index in [4.69, 9.17) is 9.47 Å². The molecule has 18 heavy (non-hydrogen) atoms. The molecule has 1 rings (SSSR count). The molecule has 1 saturated carbocycles. The molecule has 0 saturated heterocycles. The zero-order chi connectivity index (χ0) is 13.4. The van der Waals surface area contributed by atoms with Gasteiger partial charge < -0.3 is 9.47 Å². The summed E-state index contributed by atoms with van der Waals surface area (Å²) in [5.41, 5.74) is 0. The maximum absolute atomic E-state index is 5.54. The van der Waals surface area contributed by atoms with Gasteiger partial charge in [0.15, 0.2) is 0 Å². The Bertz CT molecular complexity index is 213. The third-order valence-corrected chi connectivity index (χ3v) is 5.29. The molecule has 0 radical (unpaired) electrons. The van der Waals surface area contributed by atoms with Gasteiger partial charge in [-0.2, -0.15) is 0 Å². The first-order valence-electron chi connectivity index (χ1n) is 7.47. The molecule has 108 valence electrons. The molecular formula is C15H29BrO2. The van der Waals surface area contributed by atoms with Crippen molar-refractivity contribution in [1.82, 2.24) is 0 Å². The SMILES string of the molecule is CCCCCCCCC(C1CC1)C(Br)(OC)OC. The van der Waals surface area contributed by atoms with Crippen LogP contribution in [0.1, 0.15) is 64.7 Å². The Hall–Kier alpha value is 0.400. The Balaban J connectivity index is 2.26. The van der Waals surface area contributed by atoms with Crippen molar-refractivity contribution in [3.63, 3.8) is 0 Å². The minimum Gasteiger partial charge on any atom is -0.344 e. The van der Waals surface area contributed by atoms with E-state index in [-0.39, 0.29) is 0 Å². The second-order valence-corrected chi connectivity index (χ2v) is 6.60. The first-order valence-corrected chi connectivity index (χ1v) is 8.26. The van der Waals surface area contributed by atoms with Gasteiger partial charge in [0, 0.05) is 20.1 Å². The number of unbranched alkanes of at least 4 members (excludes halogenated alkanes) is 5. The van der Waals surface area contributed by atoms with Crippen molar-refractivity contribution in [2.45, 2.75) is 69.4 Å². The fourth-order valence-electron chi connectivity index (χ4n) is 2.72. The van der Waals surface area contributed by atoms with Gasteiger partial charge in [0.2, 0.25) is 4.70 Å². The first-order chi connectivity index (χ1) is 8.68. The van der Waals surface area contributed by atoms with Gasteiger partial charge in [-0.25, -0.2) is 0 Å². The van der Waals surface area contributed by atoms with E-state index in [9.17, 15) is 0 Å². The first kappa shape index (κ1) is 16.5. The summed E-state index contributed by atoms with van der Waals surface area (Å²) in [6.45, 7) is 2.26. The van der Waals surface area contributed by atoms with E-state index in [2.05, 4.69) is 22.9 Å². The van der Waals surface area contributed by atoms with E-state index < -0.39 is 4.70 Å². The van der Waals surface area contributed by atoms with E-state index in [1.165, 1.54) is 57.8 Å². The summed E-state index contributed by atoms with van der Waals surface area (Å²) < 4.78 is 10.5. The van der Waals surface area contributed by atoms with Crippen molar-refractivity contribution >= 4 is 15.9 Å². The molecule has 1 fully saturated rings. The quantitative estimate of drug-likeness (QED) is 0.299. The summed E-state index contributed by atoms with van der Waals surface area (Å²) in [6.07, 6.45) is 12.0. The minimum absolute atomic E-state index is 0.499. The van der Waals surface area contributed by atoms with Crippen LogP contribution in [0.15, 0.2) is 0 Å². The van der Waals surface area contributed by atoms with Gasteiger partial charge in [-0.15, -0.1) is 0 Å². The van der Waals surface area contributed by atoms with Crippen LogP contribution in [-0.2, 0) is 9.47 Å². The second kappa shape index (κ2) is 8.55. The van der Waals surface area contributed by atoms with Crippen molar-refractivity contribution in [2.24, 2.45) is 11.8 Å². The molecule has 0 aromatic heterocycles. The number of ether oxygens (including phenoxy) is 2. The van der Waals surface area contributed by atoms with E-state index in [1.54, 1.807) is 14.2 Å². The third kappa shape index (κ3) is 5.18. The lowest BCUT2D eigenvalue weighted by molar-refractivity contribution is -0.169. The maximum Gasteiger partial charge on any atom is 0.229 e. The van der Waals surface area contributed by atoms with Crippen molar-refractivity contribution < 1.29 is 9.47 Å². The highest BCUT2D eigenvalue weighted by molar-refractivity contribution is 9.10. The van der Waals surface area contributed by atoms with Crippen molar-refractivity contribution in [1.29, 1.82) is 0 Å². The lowest BCUT2D eigenvalue weighted by Gasteiger charge is -2.33. The summed E-state index contributed by atoms with van der Waals surface area (Å²) >= 11 is 3.64. The molecule has 3 heteroatoms. The monoisotopic (exact) mass is 320 g/mol. The number of rotatable bonds is 11. The Labute approximate surface area is 121 Å². The molecule has 0 spiro atoms. The Morgan fingerprint density at radius 1 is 1.06 bits per heavy atom. The van der Waals surface area contributed by atoms with Gasteiger partial charge >= 0.3 is 0 Å². The number of hydrogen-bond acceptors (Lipinski definition) is 2. The van der Waals surface area contributed by atoms with Crippen LogP contribution in [0.2, 0.25) is 0 Å². The van der Waals surface area contributed by atoms with Crippen molar-refractivity contribution in [3.8, 4) is 0 Å². The molecule has 0 aromatic rings. The summed E-state index contributed by atoms with van der Waals surface area (Å²) in [4.78, 5) is 0. The Kier molecular flexibility index (Phi) is 7.81. The maximum atomic E-state index is 5.54. The van der Waals surface area contributed by atoms with Gasteiger partial charge in [-0.05, 0) is 41.1 Å². The molecule has 2 nitrogen and oxygen atoms in total. The largest absolute Gasteiger partial charge is 0.344 e. The standard InChI is InChI=1S/C15H29BrO2/c1-4-5-6-7-8-9-10-14(13-11-12-13)15(16,17-2)18-3/h13-14H,4-12H2,1-3H3. The van der Waals surface area contributed by atoms with Crippen LogP contribution < -0.4 is 0 Å². The zero-order valence-corrected chi connectivity index (χ0v) is 13.8. The Morgan fingerprint density at radius 3 is 2.11 bits per heavy atom. The lowest BCUT2D eigenvalue weighted by Crippen LogP contribution is -2.37. The molecular weight excluding hydrogens is 292 g/mol. The summed E-state index contributed by atoms with van der Waals surface area (Å²) in [5, 5.41) is 0. The van der Waals surface area contributed by atoms with Gasteiger partial charge in [-0.1, -0.05) is 45.4 Å². The molecule has 0 aliphatic heterocycles. The number of halogens is 1. The molecule has 0 aromatic carbocycles. The van der Waals surface area contributed by atoms with E-state index >= 15 is 0 Å². The highest BCUT2D eigenvalue weighted by Crippen LogP contribution is 2.48. The highest BCUT2D eigenvalue weighted by Gasteiger charge is 2.45. The smallest absolute Gasteiger partial charge is 0.229 e. The molecule has 0 bridgehead atoms. The minimum atomic E-state index is -0.558. The highest BCUT2D eigenvalue weighted by atomic mass is 79.9. The van der Waals surface area contributed by atoms with Gasteiger partial charge in [0.1, 0.15) is 0 Å². The van der Waals surface area contributed by atoms with E-state index in [1.807, 2.05) is 0 Å². The second-order valence-electron chi connectivity index (χ2n) is 5.49. The number of alkyl halides is 1. The van der Waals surface area contributed by atoms with Gasteiger partial charge in [0.05, 0.1) is 0 Å². The van der Waals surface area contributed by atoms with Gasteiger partial charge in [0.25, 0.3) is 0 Å². The number of methoxy groups -OCH3 is 2. The van der Waals surface area contributed by atoms with Crippen LogP contribution in [-0.4, -0.2) is 18.9 Å². The average Bonchev–Trinajstić information content (AvgIpc) is 3.21. The molecule has 1 unspecified atom stereocenters. The van der Waals surface area contributed by atoms with Crippen LogP contribution >= 0.6 is 15.9 Å². The van der Waals surface area contributed by atoms with Crippen molar-refractivity contribution in [3.05, 3.63) is 0 Å². The van der Waals surface area contributed by atoms with Crippen LogP contribution in [0.3, 0.4) is 0 Å². The lowest BCUT2D eigenvalue weighted by atomic mass is 9.95. The fourth-order valence-corrected chi connectivity index (χ4v) is 3.32. The van der Waals surface area contributed by atoms with Crippen molar-refractivity contribution in [2.75, 3.05) is 14.2 Å². The van der Waals surface area contributed by atoms with Crippen LogP contribution in [0.4, 0.5) is 0 Å². The molecule has 0 amide bonds. The molecule has 0 heterocycles. The topological polar surface area (TPSA) is 18.5 Å². The molecule has 1 atom stereocenters. The van der Waals surface area contributed by atoms with E-state index in [0.717, 1.165) is 5.92 Å². The average molecular weight is 321 g/mol. The third-order valence-electron chi connectivity index (χ3n) is 4.06. The Morgan fingerprint density at radius 2 is 1.61 bits per heavy atom. The fraction of sp³-hybridized carbons (Fsp3) is 1.00. The van der Waals surface area contributed by atoms with Gasteiger partial charge in [-0.3, -0.25) is 0 Å². The van der Waals surface area contributed by atoms with E-state index in [0.29, 0.717) is 5.92 Å². The summed E-state index contributed by atoms with van der Waals surface area (Å²) in [6, 6.07) is 0. The zero-order valence-electron chi connectivity index (χ0n) is 12.2. The number of hydrogen-bond donors (Lipinski definition) is 0. The van der Waals surface area contributed by atoms with Crippen LogP contribution in [0.25, 0.3) is 0 Å².